The van der Waals surface area contributed by atoms with Gasteiger partial charge in [0.25, 0.3) is 0 Å². The number of nitrogens with two attached hydrogens (primary N) is 2. The Morgan fingerprint density at radius 2 is 1.30 bits per heavy atom. The molecule has 2 nitrogen and oxygen atoms in total. The molecule has 4 N–H and O–H groups in total. The van der Waals surface area contributed by atoms with Gasteiger partial charge in [-0.3, -0.25) is 0 Å². The molecule has 0 fully saturated rings. The number of hydrogen-bond donors (Lipinski definition) is 2. The molecule has 0 aromatic rings. The van der Waals surface area contributed by atoms with E-state index in [0.717, 1.165) is 0 Å². The van der Waals surface area contributed by atoms with Gasteiger partial charge in [-0.25, -0.2) is 0 Å². The van der Waals surface area contributed by atoms with Crippen LogP contribution in [0, 0.1) is 11.3 Å². The summed E-state index contributed by atoms with van der Waals surface area (Å²) in [7, 11) is 0. The van der Waals surface area contributed by atoms with Crippen LogP contribution in [-0.4, -0.2) is 5.66 Å². The van der Waals surface area contributed by atoms with Gasteiger partial charge in [-0.1, -0.05) is 27.7 Å². The van der Waals surface area contributed by atoms with Crippen LogP contribution in [0.2, 0.25) is 0 Å². The normalized spacial score (nSPS) is 17.1. The molecule has 0 heterocycles. The summed E-state index contributed by atoms with van der Waals surface area (Å²) in [5.41, 5.74) is 11.1. The van der Waals surface area contributed by atoms with Gasteiger partial charge in [-0.05, 0) is 18.3 Å². The van der Waals surface area contributed by atoms with Crippen LogP contribution in [0.25, 0.3) is 0 Å². The molecular formula is C8H20N2. The Morgan fingerprint density at radius 3 is 1.30 bits per heavy atom. The van der Waals surface area contributed by atoms with Gasteiger partial charge in [0, 0.05) is 0 Å². The third-order valence-electron chi connectivity index (χ3n) is 2.23. The molecule has 0 unspecified atom stereocenters. The third kappa shape index (κ3) is 2.67. The molecule has 0 radical (unpaired) electrons. The first-order chi connectivity index (χ1) is 4.15. The van der Waals surface area contributed by atoms with Crippen molar-refractivity contribution in [3.63, 3.8) is 0 Å². The van der Waals surface area contributed by atoms with Crippen molar-refractivity contribution in [3.05, 3.63) is 0 Å². The van der Waals surface area contributed by atoms with Gasteiger partial charge >= 0.3 is 0 Å². The van der Waals surface area contributed by atoms with Crippen LogP contribution in [0.4, 0.5) is 0 Å². The molecule has 0 aliphatic heterocycles. The van der Waals surface area contributed by atoms with Crippen LogP contribution in [-0.2, 0) is 0 Å². The Morgan fingerprint density at radius 1 is 1.00 bits per heavy atom. The molecule has 0 rings (SSSR count). The Hall–Kier alpha value is -0.0800. The van der Waals surface area contributed by atoms with Crippen molar-refractivity contribution in [2.24, 2.45) is 22.8 Å². The summed E-state index contributed by atoms with van der Waals surface area (Å²) in [6, 6.07) is 0. The van der Waals surface area contributed by atoms with Crippen LogP contribution in [0.15, 0.2) is 0 Å². The van der Waals surface area contributed by atoms with Gasteiger partial charge in [-0.15, -0.1) is 0 Å². The summed E-state index contributed by atoms with van der Waals surface area (Å²) in [5.74, 6) is 0.319. The first-order valence-electron chi connectivity index (χ1n) is 3.73. The quantitative estimate of drug-likeness (QED) is 0.545. The molecule has 2 heteroatoms. The number of rotatable bonds is 1. The van der Waals surface area contributed by atoms with E-state index in [1.54, 1.807) is 0 Å². The van der Waals surface area contributed by atoms with Crippen LogP contribution >= 0.6 is 0 Å². The van der Waals surface area contributed by atoms with Crippen LogP contribution in [0.5, 0.6) is 0 Å². The van der Waals surface area contributed by atoms with Gasteiger partial charge in [0.2, 0.25) is 0 Å². The predicted octanol–water partition coefficient (Wildman–Crippen LogP) is 1.30. The zero-order valence-corrected chi connectivity index (χ0v) is 7.73. The Bertz CT molecular complexity index is 91.4. The van der Waals surface area contributed by atoms with E-state index in [-0.39, 0.29) is 5.41 Å². The third-order valence-corrected chi connectivity index (χ3v) is 2.23. The van der Waals surface area contributed by atoms with Crippen molar-refractivity contribution in [2.45, 2.75) is 40.3 Å². The van der Waals surface area contributed by atoms with E-state index in [1.165, 1.54) is 0 Å². The summed E-state index contributed by atoms with van der Waals surface area (Å²) in [4.78, 5) is 0. The van der Waals surface area contributed by atoms with Crippen molar-refractivity contribution in [3.8, 4) is 0 Å². The smallest absolute Gasteiger partial charge is 0.0638 e. The molecule has 1 atom stereocenters. The van der Waals surface area contributed by atoms with Gasteiger partial charge in [0.1, 0.15) is 0 Å². The molecule has 0 saturated heterocycles. The second kappa shape index (κ2) is 2.51. The highest BCUT2D eigenvalue weighted by atomic mass is 15.0. The van der Waals surface area contributed by atoms with Gasteiger partial charge < -0.3 is 11.5 Å². The van der Waals surface area contributed by atoms with E-state index in [2.05, 4.69) is 27.7 Å². The summed E-state index contributed by atoms with van der Waals surface area (Å²) < 4.78 is 0. The van der Waals surface area contributed by atoms with E-state index in [0.29, 0.717) is 5.92 Å². The lowest BCUT2D eigenvalue weighted by atomic mass is 9.75. The molecule has 0 aliphatic rings. The van der Waals surface area contributed by atoms with Crippen LogP contribution < -0.4 is 11.5 Å². The minimum Gasteiger partial charge on any atom is -0.313 e. The fraction of sp³-hybridized carbons (Fsp3) is 1.00. The first-order valence-corrected chi connectivity index (χ1v) is 3.73. The van der Waals surface area contributed by atoms with Crippen LogP contribution in [0.3, 0.4) is 0 Å². The highest BCUT2D eigenvalue weighted by Gasteiger charge is 2.31. The summed E-state index contributed by atoms with van der Waals surface area (Å²) in [6.45, 7) is 10.4. The molecule has 0 spiro atoms. The van der Waals surface area contributed by atoms with Crippen molar-refractivity contribution in [2.75, 3.05) is 0 Å². The maximum absolute atomic E-state index is 5.74. The zero-order valence-electron chi connectivity index (χ0n) is 7.73. The molecule has 62 valence electrons. The topological polar surface area (TPSA) is 52.0 Å². The molecule has 0 saturated carbocycles. The lowest BCUT2D eigenvalue weighted by Gasteiger charge is -2.37. The van der Waals surface area contributed by atoms with E-state index in [4.69, 9.17) is 11.5 Å². The highest BCUT2D eigenvalue weighted by Crippen LogP contribution is 2.29. The lowest BCUT2D eigenvalue weighted by Crippen LogP contribution is -2.55. The van der Waals surface area contributed by atoms with Gasteiger partial charge in [-0.2, -0.15) is 0 Å². The standard InChI is InChI=1S/C8H20N2/c1-6(7(2,3)4)8(5,9)10/h6H,9-10H2,1-5H3/t6-/m0/s1. The minimum absolute atomic E-state index is 0.193. The molecule has 0 amide bonds. The molecule has 0 aromatic carbocycles. The van der Waals surface area contributed by atoms with E-state index in [1.807, 2.05) is 6.92 Å². The molecular weight excluding hydrogens is 124 g/mol. The summed E-state index contributed by atoms with van der Waals surface area (Å²) in [6.07, 6.45) is 0. The van der Waals surface area contributed by atoms with Gasteiger partial charge in [0.15, 0.2) is 0 Å². The second-order valence-electron chi connectivity index (χ2n) is 4.45. The Kier molecular flexibility index (Phi) is 2.49. The maximum atomic E-state index is 5.74. The van der Waals surface area contributed by atoms with Crippen molar-refractivity contribution in [1.82, 2.24) is 0 Å². The average molecular weight is 144 g/mol. The number of hydrogen-bond acceptors (Lipinski definition) is 2. The molecule has 0 aromatic heterocycles. The minimum atomic E-state index is -0.557. The summed E-state index contributed by atoms with van der Waals surface area (Å²) in [5, 5.41) is 0. The van der Waals surface area contributed by atoms with E-state index >= 15 is 0 Å². The Balaban J connectivity index is 4.23. The van der Waals surface area contributed by atoms with Crippen molar-refractivity contribution >= 4 is 0 Å². The fourth-order valence-electron chi connectivity index (χ4n) is 0.933. The highest BCUT2D eigenvalue weighted by molar-refractivity contribution is 4.85. The average Bonchev–Trinajstić information content (AvgIpc) is 1.59. The van der Waals surface area contributed by atoms with Gasteiger partial charge in [0.05, 0.1) is 5.66 Å². The zero-order chi connectivity index (χ0) is 8.58. The second-order valence-corrected chi connectivity index (χ2v) is 4.45. The summed E-state index contributed by atoms with van der Waals surface area (Å²) >= 11 is 0. The fourth-order valence-corrected chi connectivity index (χ4v) is 0.933. The molecule has 0 aliphatic carbocycles. The predicted molar refractivity (Wildman–Crippen MR) is 45.4 cm³/mol. The van der Waals surface area contributed by atoms with Crippen molar-refractivity contribution < 1.29 is 0 Å². The molecule has 0 bridgehead atoms. The SMILES string of the molecule is C[C@@H](C(C)(C)C)C(C)(N)N. The first kappa shape index (κ1) is 9.92. The Labute approximate surface area is 64.0 Å². The monoisotopic (exact) mass is 144 g/mol. The lowest BCUT2D eigenvalue weighted by molar-refractivity contribution is 0.162. The van der Waals surface area contributed by atoms with E-state index in [9.17, 15) is 0 Å². The largest absolute Gasteiger partial charge is 0.313 e. The molecule has 10 heavy (non-hydrogen) atoms. The van der Waals surface area contributed by atoms with E-state index < -0.39 is 5.66 Å². The van der Waals surface area contributed by atoms with Crippen LogP contribution in [0.1, 0.15) is 34.6 Å². The maximum Gasteiger partial charge on any atom is 0.0638 e. The van der Waals surface area contributed by atoms with Crippen molar-refractivity contribution in [1.29, 1.82) is 0 Å².